The lowest BCUT2D eigenvalue weighted by molar-refractivity contribution is -0.138. The number of pyridine rings is 1. The van der Waals surface area contributed by atoms with E-state index >= 15 is 0 Å². The maximum absolute atomic E-state index is 13.8. The molecule has 5 rings (SSSR count). The monoisotopic (exact) mass is 713 g/mol. The predicted molar refractivity (Wildman–Crippen MR) is 183 cm³/mol. The Kier molecular flexibility index (Phi) is 9.99. The lowest BCUT2D eigenvalue weighted by Crippen LogP contribution is -2.49. The highest BCUT2D eigenvalue weighted by molar-refractivity contribution is 7.86. The van der Waals surface area contributed by atoms with E-state index in [0.717, 1.165) is 17.9 Å². The van der Waals surface area contributed by atoms with Gasteiger partial charge in [0.25, 0.3) is 16.0 Å². The molecule has 2 aromatic heterocycles. The summed E-state index contributed by atoms with van der Waals surface area (Å²) in [6, 6.07) is 15.9. The Hall–Kier alpha value is -4.96. The molecular weight excluding hydrogens is 675 g/mol. The number of nitrogens with one attached hydrogen (secondary N) is 1. The second-order valence-corrected chi connectivity index (χ2v) is 14.6. The average Bonchev–Trinajstić information content (AvgIpc) is 3.50. The molecule has 50 heavy (non-hydrogen) atoms. The zero-order valence-electron chi connectivity index (χ0n) is 28.4. The van der Waals surface area contributed by atoms with Crippen molar-refractivity contribution in [2.75, 3.05) is 47.7 Å². The van der Waals surface area contributed by atoms with Crippen molar-refractivity contribution in [1.29, 1.82) is 0 Å². The second-order valence-electron chi connectivity index (χ2n) is 13.0. The van der Waals surface area contributed by atoms with Crippen LogP contribution in [0.3, 0.4) is 0 Å². The van der Waals surface area contributed by atoms with Gasteiger partial charge in [-0.05, 0) is 50.2 Å². The van der Waals surface area contributed by atoms with Crippen molar-refractivity contribution >= 4 is 39.4 Å². The number of alkyl halides is 3. The number of benzene rings is 2. The summed E-state index contributed by atoms with van der Waals surface area (Å²) in [5, 5.41) is 8.00. The first-order chi connectivity index (χ1) is 23.3. The minimum atomic E-state index is -4.65. The van der Waals surface area contributed by atoms with E-state index in [1.807, 2.05) is 44.7 Å². The highest BCUT2D eigenvalue weighted by Gasteiger charge is 2.36. The normalized spacial score (nSPS) is 14.1. The topological polar surface area (TPSA) is 130 Å². The summed E-state index contributed by atoms with van der Waals surface area (Å²) in [6.07, 6.45) is -3.83. The van der Waals surface area contributed by atoms with E-state index in [4.69, 9.17) is 4.28 Å². The number of hydroxylamine groups is 1. The third-order valence-corrected chi connectivity index (χ3v) is 8.43. The van der Waals surface area contributed by atoms with Gasteiger partial charge in [-0.25, -0.2) is 14.5 Å². The molecule has 1 aliphatic rings. The first-order valence-corrected chi connectivity index (χ1v) is 17.5. The van der Waals surface area contributed by atoms with Crippen LogP contribution in [-0.4, -0.2) is 72.5 Å². The molecule has 4 aromatic rings. The standard InChI is InChI=1S/C34H38F3N7O5S/c1-22-11-13-24(14-12-22)43-30(21-28(40-43)33(3,4)5)44(49-50(6,47)48)32(46)39-27-15-16-29(38-23(27)2)41-17-19-42(20-18-41)31(45)25-9-7-8-10-26(25)34(35,36)37/h7-16,21H,17-20H2,1-6H3,(H,39,46). The maximum Gasteiger partial charge on any atom is 0.417 e. The average molecular weight is 714 g/mol. The zero-order chi connectivity index (χ0) is 36.6. The molecular formula is C34H38F3N7O5S. The van der Waals surface area contributed by atoms with Crippen molar-refractivity contribution in [3.05, 3.63) is 94.8 Å². The molecule has 266 valence electrons. The minimum Gasteiger partial charge on any atom is -0.353 e. The van der Waals surface area contributed by atoms with Gasteiger partial charge in [-0.15, -0.1) is 9.35 Å². The largest absolute Gasteiger partial charge is 0.417 e. The third kappa shape index (κ3) is 8.25. The second kappa shape index (κ2) is 13.7. The molecule has 1 saturated heterocycles. The van der Waals surface area contributed by atoms with Gasteiger partial charge in [-0.2, -0.15) is 26.7 Å². The van der Waals surface area contributed by atoms with Crippen LogP contribution in [0, 0.1) is 13.8 Å². The number of anilines is 3. The molecule has 0 radical (unpaired) electrons. The van der Waals surface area contributed by atoms with Gasteiger partial charge in [0.1, 0.15) is 5.82 Å². The maximum atomic E-state index is 13.8. The number of hydrogen-bond acceptors (Lipinski definition) is 8. The molecule has 0 atom stereocenters. The van der Waals surface area contributed by atoms with Crippen molar-refractivity contribution in [2.24, 2.45) is 0 Å². The van der Waals surface area contributed by atoms with Gasteiger partial charge in [0.2, 0.25) is 0 Å². The van der Waals surface area contributed by atoms with Crippen LogP contribution in [0.15, 0.2) is 66.7 Å². The van der Waals surface area contributed by atoms with E-state index in [0.29, 0.717) is 41.0 Å². The van der Waals surface area contributed by atoms with E-state index in [9.17, 15) is 31.2 Å². The Labute approximate surface area is 288 Å². The van der Waals surface area contributed by atoms with E-state index in [2.05, 4.69) is 15.4 Å². The predicted octanol–water partition coefficient (Wildman–Crippen LogP) is 6.09. The lowest BCUT2D eigenvalue weighted by Gasteiger charge is -2.36. The number of piperazine rings is 1. The third-order valence-electron chi connectivity index (χ3n) is 8.01. The van der Waals surface area contributed by atoms with Crippen LogP contribution >= 0.6 is 0 Å². The van der Waals surface area contributed by atoms with Crippen LogP contribution in [0.2, 0.25) is 0 Å². The van der Waals surface area contributed by atoms with Crippen molar-refractivity contribution in [1.82, 2.24) is 19.7 Å². The van der Waals surface area contributed by atoms with Crippen LogP contribution in [-0.2, 0) is 26.0 Å². The Morgan fingerprint density at radius 1 is 0.920 bits per heavy atom. The number of halogens is 3. The van der Waals surface area contributed by atoms with E-state index in [1.54, 1.807) is 37.3 Å². The fourth-order valence-corrected chi connectivity index (χ4v) is 5.73. The van der Waals surface area contributed by atoms with E-state index in [1.165, 1.54) is 27.8 Å². The number of hydrogen-bond donors (Lipinski definition) is 1. The van der Waals surface area contributed by atoms with E-state index < -0.39 is 44.8 Å². The van der Waals surface area contributed by atoms with Crippen molar-refractivity contribution in [3.8, 4) is 5.69 Å². The van der Waals surface area contributed by atoms with Gasteiger partial charge in [0.15, 0.2) is 5.82 Å². The molecule has 16 heteroatoms. The fraction of sp³-hybridized carbons (Fsp3) is 0.353. The van der Waals surface area contributed by atoms with Crippen molar-refractivity contribution < 1.29 is 35.5 Å². The molecule has 0 saturated carbocycles. The summed E-state index contributed by atoms with van der Waals surface area (Å²) in [7, 11) is -4.19. The summed E-state index contributed by atoms with van der Waals surface area (Å²) >= 11 is 0. The summed E-state index contributed by atoms with van der Waals surface area (Å²) < 4.78 is 72.0. The number of carbonyl (C=O) groups is 2. The van der Waals surface area contributed by atoms with Crippen LogP contribution in [0.4, 0.5) is 35.3 Å². The Balaban J connectivity index is 1.35. The van der Waals surface area contributed by atoms with Crippen LogP contribution < -0.4 is 15.3 Å². The first-order valence-electron chi connectivity index (χ1n) is 15.7. The number of aryl methyl sites for hydroxylation is 2. The molecule has 12 nitrogen and oxygen atoms in total. The molecule has 3 amide bonds. The van der Waals surface area contributed by atoms with Gasteiger partial charge < -0.3 is 15.1 Å². The van der Waals surface area contributed by atoms with Crippen LogP contribution in [0.25, 0.3) is 5.69 Å². The summed E-state index contributed by atoms with van der Waals surface area (Å²) in [6.45, 7) is 10.3. The minimum absolute atomic E-state index is 0.0502. The summed E-state index contributed by atoms with van der Waals surface area (Å²) in [5.41, 5.74) is 0.992. The number of amides is 3. The number of nitrogens with zero attached hydrogens (tertiary/aromatic N) is 6. The number of urea groups is 1. The number of carbonyl (C=O) groups excluding carboxylic acids is 2. The Morgan fingerprint density at radius 3 is 2.14 bits per heavy atom. The molecule has 0 bridgehead atoms. The Bertz CT molecular complexity index is 2000. The molecule has 1 N–H and O–H groups in total. The van der Waals surface area contributed by atoms with E-state index in [-0.39, 0.29) is 24.6 Å². The molecule has 1 fully saturated rings. The zero-order valence-corrected chi connectivity index (χ0v) is 29.3. The number of rotatable bonds is 7. The van der Waals surface area contributed by atoms with Gasteiger partial charge >= 0.3 is 12.2 Å². The molecule has 0 unspecified atom stereocenters. The van der Waals surface area contributed by atoms with Crippen molar-refractivity contribution in [2.45, 2.75) is 46.2 Å². The quantitative estimate of drug-likeness (QED) is 0.228. The smallest absolute Gasteiger partial charge is 0.353 e. The highest BCUT2D eigenvalue weighted by atomic mass is 32.2. The highest BCUT2D eigenvalue weighted by Crippen LogP contribution is 2.33. The summed E-state index contributed by atoms with van der Waals surface area (Å²) in [4.78, 5) is 34.6. The fourth-order valence-electron chi connectivity index (χ4n) is 5.32. The Morgan fingerprint density at radius 2 is 1.56 bits per heavy atom. The van der Waals surface area contributed by atoms with Gasteiger partial charge in [-0.1, -0.05) is 50.6 Å². The van der Waals surface area contributed by atoms with Gasteiger partial charge in [0, 0.05) is 37.7 Å². The van der Waals surface area contributed by atoms with Crippen molar-refractivity contribution in [3.63, 3.8) is 0 Å². The van der Waals surface area contributed by atoms with Crippen LogP contribution in [0.5, 0.6) is 0 Å². The number of aromatic nitrogens is 3. The molecule has 1 aliphatic heterocycles. The van der Waals surface area contributed by atoms with Gasteiger partial charge in [-0.3, -0.25) is 4.79 Å². The molecule has 0 aliphatic carbocycles. The first kappa shape index (κ1) is 36.3. The summed E-state index contributed by atoms with van der Waals surface area (Å²) in [5.74, 6) is -0.118. The molecule has 0 spiro atoms. The molecule has 2 aromatic carbocycles. The lowest BCUT2D eigenvalue weighted by atomic mass is 9.92. The van der Waals surface area contributed by atoms with Crippen LogP contribution in [0.1, 0.15) is 53.6 Å². The molecule has 3 heterocycles. The van der Waals surface area contributed by atoms with Gasteiger partial charge in [0.05, 0.1) is 40.1 Å². The SMILES string of the molecule is Cc1ccc(-n2nc(C(C)(C)C)cc2N(OS(C)(=O)=O)C(=O)Nc2ccc(N3CCN(C(=O)c4ccccc4C(F)(F)F)CC3)nc2C)cc1.